The highest BCUT2D eigenvalue weighted by molar-refractivity contribution is 6.30. The summed E-state index contributed by atoms with van der Waals surface area (Å²) in [5.74, 6) is 3.13. The number of nitrogens with zero attached hydrogens (tertiary/aromatic N) is 3. The molecule has 6 heterocycles. The van der Waals surface area contributed by atoms with Gasteiger partial charge in [0.15, 0.2) is 0 Å². The molecule has 3 aromatic carbocycles. The molecule has 0 aliphatic carbocycles. The second kappa shape index (κ2) is 18.7. The average molecular weight is 982 g/mol. The maximum absolute atomic E-state index is 16.3. The zero-order chi connectivity index (χ0) is 49.9. The molecule has 5 amide bonds. The van der Waals surface area contributed by atoms with Crippen molar-refractivity contribution in [1.82, 2.24) is 25.4 Å². The Morgan fingerprint density at radius 2 is 1.83 bits per heavy atom. The van der Waals surface area contributed by atoms with Crippen molar-refractivity contribution in [3.63, 3.8) is 0 Å². The maximum Gasteiger partial charge on any atom is 0.433 e. The number of nitrogens with one attached hydrogen (secondary N) is 4. The number of piperidine rings is 2. The van der Waals surface area contributed by atoms with Gasteiger partial charge in [0.2, 0.25) is 17.7 Å². The summed E-state index contributed by atoms with van der Waals surface area (Å²) in [6.07, 6.45) is -0.561. The van der Waals surface area contributed by atoms with Crippen molar-refractivity contribution in [3.05, 3.63) is 117 Å². The molecule has 366 valence electrons. The van der Waals surface area contributed by atoms with E-state index in [1.165, 1.54) is 24.3 Å². The molecule has 6 atom stereocenters. The molecule has 0 unspecified atom stereocenters. The number of rotatable bonds is 8. The Morgan fingerprint density at radius 1 is 1.04 bits per heavy atom. The van der Waals surface area contributed by atoms with Gasteiger partial charge < -0.3 is 30.5 Å². The average Bonchev–Trinajstić information content (AvgIpc) is 3.97. The Morgan fingerprint density at radius 3 is 2.57 bits per heavy atom. The summed E-state index contributed by atoms with van der Waals surface area (Å²) >= 11 is 6.37. The molecule has 1 aromatic heterocycles. The van der Waals surface area contributed by atoms with E-state index in [0.717, 1.165) is 24.5 Å². The number of hydrogen-bond acceptors (Lipinski definition) is 9. The van der Waals surface area contributed by atoms with Crippen LogP contribution in [0.2, 0.25) is 5.02 Å². The molecule has 4 N–H and O–H groups in total. The van der Waals surface area contributed by atoms with Gasteiger partial charge in [-0.3, -0.25) is 34.3 Å². The van der Waals surface area contributed by atoms with Gasteiger partial charge in [-0.15, -0.1) is 0 Å². The Labute approximate surface area is 407 Å². The van der Waals surface area contributed by atoms with E-state index < -0.39 is 59.0 Å². The van der Waals surface area contributed by atoms with Crippen LogP contribution in [0.5, 0.6) is 5.75 Å². The molecule has 13 nitrogen and oxygen atoms in total. The fourth-order valence-corrected chi connectivity index (χ4v) is 11.2. The number of methoxy groups -OCH3 is 1. The number of imide groups is 1. The topological polar surface area (TPSA) is 162 Å². The van der Waals surface area contributed by atoms with Gasteiger partial charge in [-0.05, 0) is 90.6 Å². The molecule has 18 heteroatoms. The lowest BCUT2D eigenvalue weighted by molar-refractivity contribution is -0.141. The number of alkyl halides is 3. The molecule has 1 spiro atoms. The minimum Gasteiger partial charge on any atom is -0.495 e. The Bertz CT molecular complexity index is 2880. The predicted octanol–water partition coefficient (Wildman–Crippen LogP) is 7.82. The predicted molar refractivity (Wildman–Crippen MR) is 253 cm³/mol. The SMILES string of the molecule is COc1cc(C(=O)N2CCC[C@@H](CC#Cc3cccc4c3CN([C@@H]3CCC(=O)NC3=O)C4=O)C2)ccc1NC(=O)[C@@H]1N[C@@H](CC(C)(C)C)[C@@]2(CNc3cc(C(F)(F)F)ncc32)[C@H]1c1cccc(Cl)c1F. The summed E-state index contributed by atoms with van der Waals surface area (Å²) in [4.78, 5) is 73.5. The van der Waals surface area contributed by atoms with Crippen molar-refractivity contribution in [3.8, 4) is 17.6 Å². The summed E-state index contributed by atoms with van der Waals surface area (Å²) < 4.78 is 63.8. The zero-order valence-electron chi connectivity index (χ0n) is 39.0. The smallest absolute Gasteiger partial charge is 0.433 e. The lowest BCUT2D eigenvalue weighted by atomic mass is 9.63. The first-order valence-electron chi connectivity index (χ1n) is 23.3. The molecule has 70 heavy (non-hydrogen) atoms. The number of anilines is 2. The summed E-state index contributed by atoms with van der Waals surface area (Å²) in [7, 11) is 1.41. The van der Waals surface area contributed by atoms with Crippen LogP contribution in [-0.2, 0) is 32.5 Å². The van der Waals surface area contributed by atoms with E-state index in [0.29, 0.717) is 48.2 Å². The number of aromatic nitrogens is 1. The number of carbonyl (C=O) groups is 5. The van der Waals surface area contributed by atoms with Crippen molar-refractivity contribution in [2.75, 3.05) is 37.4 Å². The van der Waals surface area contributed by atoms with Crippen molar-refractivity contribution in [1.29, 1.82) is 0 Å². The number of benzene rings is 3. The second-order valence-corrected chi connectivity index (χ2v) is 20.4. The number of pyridine rings is 1. The highest BCUT2D eigenvalue weighted by Crippen LogP contribution is 2.57. The largest absolute Gasteiger partial charge is 0.495 e. The van der Waals surface area contributed by atoms with E-state index in [9.17, 15) is 37.1 Å². The lowest BCUT2D eigenvalue weighted by Crippen LogP contribution is -2.52. The Balaban J connectivity index is 0.924. The minimum atomic E-state index is -4.71. The van der Waals surface area contributed by atoms with Gasteiger partial charge in [0, 0.05) is 90.5 Å². The van der Waals surface area contributed by atoms with E-state index in [4.69, 9.17) is 16.3 Å². The zero-order valence-corrected chi connectivity index (χ0v) is 39.7. The molecule has 5 aliphatic heterocycles. The first-order chi connectivity index (χ1) is 33.3. The number of carbonyl (C=O) groups excluding carboxylic acids is 5. The molecule has 3 saturated heterocycles. The molecule has 0 bridgehead atoms. The Hall–Kier alpha value is -6.51. The van der Waals surface area contributed by atoms with Crippen molar-refractivity contribution in [2.45, 2.75) is 101 Å². The van der Waals surface area contributed by atoms with Gasteiger partial charge in [0.05, 0.1) is 23.9 Å². The van der Waals surface area contributed by atoms with Gasteiger partial charge >= 0.3 is 6.18 Å². The maximum atomic E-state index is 16.3. The van der Waals surface area contributed by atoms with Gasteiger partial charge in [-0.2, -0.15) is 13.2 Å². The number of halogens is 5. The standard InChI is InChI=1S/C52H52ClF4N7O6/c1-50(2,3)23-41-51(27-59-37-22-40(52(55,56)57)58-24-34(37)51)43(32-14-7-15-35(53)44(32)54)45(61-41)47(67)60-36-17-16-30(21-39(36)70-4)48(68)63-20-8-10-28(25-63)9-5-11-29-12-6-13-31-33(29)26-64(49(31)69)38-18-19-42(65)62-46(38)66/h6-7,12-17,21-22,24,28,38,41,43,45,59,61H,8-10,18-20,23,25-27H2,1-4H3,(H,60,67)(H,62,65,66)/t28-,38-,41+,43+,45-,51+/m1/s1. The van der Waals surface area contributed by atoms with Gasteiger partial charge in [-0.1, -0.05) is 62.4 Å². The van der Waals surface area contributed by atoms with Gasteiger partial charge in [0.1, 0.15) is 23.3 Å². The molecule has 4 aromatic rings. The van der Waals surface area contributed by atoms with Crippen LogP contribution >= 0.6 is 11.6 Å². The van der Waals surface area contributed by atoms with Crippen LogP contribution in [0.3, 0.4) is 0 Å². The van der Waals surface area contributed by atoms with E-state index in [1.807, 2.05) is 26.8 Å². The minimum absolute atomic E-state index is 0.0649. The van der Waals surface area contributed by atoms with Crippen LogP contribution in [0, 0.1) is 29.0 Å². The first kappa shape index (κ1) is 48.5. The van der Waals surface area contributed by atoms with Crippen LogP contribution in [-0.4, -0.2) is 89.2 Å². The summed E-state index contributed by atoms with van der Waals surface area (Å²) in [6.45, 7) is 7.28. The van der Waals surface area contributed by atoms with Crippen LogP contribution in [0.25, 0.3) is 0 Å². The van der Waals surface area contributed by atoms with Crippen LogP contribution in [0.4, 0.5) is 28.9 Å². The van der Waals surface area contributed by atoms with Crippen LogP contribution in [0.1, 0.15) is 114 Å². The third kappa shape index (κ3) is 9.07. The summed E-state index contributed by atoms with van der Waals surface area (Å²) in [6, 6.07) is 13.1. The summed E-state index contributed by atoms with van der Waals surface area (Å²) in [5.41, 5.74) is 0.622. The van der Waals surface area contributed by atoms with E-state index in [1.54, 1.807) is 47.4 Å². The number of ether oxygens (including phenoxy) is 1. The highest BCUT2D eigenvalue weighted by atomic mass is 35.5. The Kier molecular flexibility index (Phi) is 12.9. The monoisotopic (exact) mass is 981 g/mol. The fraction of sp³-hybridized carbons (Fsp3) is 0.423. The molecular weight excluding hydrogens is 930 g/mol. The lowest BCUT2D eigenvalue weighted by Gasteiger charge is -2.39. The van der Waals surface area contributed by atoms with Gasteiger partial charge in [-0.25, -0.2) is 4.39 Å². The molecular formula is C52H52ClF4N7O6. The number of fused-ring (bicyclic) bond motifs is 3. The summed E-state index contributed by atoms with van der Waals surface area (Å²) in [5, 5.41) is 11.7. The van der Waals surface area contributed by atoms with Crippen molar-refractivity contribution < 1.29 is 46.3 Å². The normalized spacial score (nSPS) is 24.1. The number of amides is 5. The highest BCUT2D eigenvalue weighted by Gasteiger charge is 2.62. The molecule has 5 aliphatic rings. The van der Waals surface area contributed by atoms with Crippen LogP contribution < -0.4 is 26.0 Å². The third-order valence-electron chi connectivity index (χ3n) is 14.3. The van der Waals surface area contributed by atoms with Crippen molar-refractivity contribution >= 4 is 52.5 Å². The van der Waals surface area contributed by atoms with E-state index >= 15 is 4.39 Å². The van der Waals surface area contributed by atoms with Crippen LogP contribution in [0.15, 0.2) is 66.9 Å². The quantitative estimate of drug-likeness (QED) is 0.0784. The first-order valence-corrected chi connectivity index (χ1v) is 23.7. The number of hydrogen-bond donors (Lipinski definition) is 4. The number of likely N-dealkylation sites (tertiary alicyclic amines) is 1. The van der Waals surface area contributed by atoms with Gasteiger partial charge in [0.25, 0.3) is 11.8 Å². The molecule has 0 saturated carbocycles. The molecule has 0 radical (unpaired) electrons. The molecule has 9 rings (SSSR count). The molecule has 3 fully saturated rings. The fourth-order valence-electron chi connectivity index (χ4n) is 11.1. The van der Waals surface area contributed by atoms with E-state index in [2.05, 4.69) is 38.1 Å². The van der Waals surface area contributed by atoms with E-state index in [-0.39, 0.29) is 82.7 Å². The second-order valence-electron chi connectivity index (χ2n) is 20.0. The third-order valence-corrected chi connectivity index (χ3v) is 14.6. The van der Waals surface area contributed by atoms with Crippen molar-refractivity contribution in [2.24, 2.45) is 11.3 Å².